The fourth-order valence-electron chi connectivity index (χ4n) is 2.87. The molecular formula is C16H26N2. The summed E-state index contributed by atoms with van der Waals surface area (Å²) < 4.78 is 0. The highest BCUT2D eigenvalue weighted by molar-refractivity contribution is 5.34. The molecule has 100 valence electrons. The molecule has 0 saturated carbocycles. The van der Waals surface area contributed by atoms with E-state index in [1.807, 2.05) is 0 Å². The Labute approximate surface area is 111 Å². The standard InChI is InChI=1S/C16H26N2/c1-13(7-6-12-18(2)3)17-16-11-10-14-8-4-5-9-15(14)16/h4-5,8-9,13,16-17H,6-7,10-12H2,1-3H3. The van der Waals surface area contributed by atoms with Crippen molar-refractivity contribution in [3.63, 3.8) is 0 Å². The normalized spacial score (nSPS) is 20.1. The average molecular weight is 246 g/mol. The second kappa shape index (κ2) is 6.35. The van der Waals surface area contributed by atoms with Crippen LogP contribution in [0.4, 0.5) is 0 Å². The fourth-order valence-corrected chi connectivity index (χ4v) is 2.87. The predicted octanol–water partition coefficient (Wildman–Crippen LogP) is 2.99. The van der Waals surface area contributed by atoms with E-state index in [0.29, 0.717) is 12.1 Å². The smallest absolute Gasteiger partial charge is 0.0328 e. The summed E-state index contributed by atoms with van der Waals surface area (Å²) in [5, 5.41) is 3.79. The van der Waals surface area contributed by atoms with Gasteiger partial charge in [-0.3, -0.25) is 0 Å². The molecule has 0 fully saturated rings. The zero-order chi connectivity index (χ0) is 13.0. The first-order chi connectivity index (χ1) is 8.66. The summed E-state index contributed by atoms with van der Waals surface area (Å²) >= 11 is 0. The van der Waals surface area contributed by atoms with Crippen LogP contribution in [0.2, 0.25) is 0 Å². The molecule has 0 heterocycles. The highest BCUT2D eigenvalue weighted by Crippen LogP contribution is 2.31. The lowest BCUT2D eigenvalue weighted by atomic mass is 10.1. The van der Waals surface area contributed by atoms with E-state index in [4.69, 9.17) is 0 Å². The van der Waals surface area contributed by atoms with Gasteiger partial charge in [0.15, 0.2) is 0 Å². The maximum Gasteiger partial charge on any atom is 0.0328 e. The van der Waals surface area contributed by atoms with E-state index in [1.165, 1.54) is 43.4 Å². The molecule has 2 atom stereocenters. The van der Waals surface area contributed by atoms with Gasteiger partial charge < -0.3 is 10.2 Å². The Hall–Kier alpha value is -0.860. The SMILES string of the molecule is CC(CCCN(C)C)NC1CCc2ccccc21. The molecule has 0 aromatic heterocycles. The summed E-state index contributed by atoms with van der Waals surface area (Å²) in [6, 6.07) is 10.1. The van der Waals surface area contributed by atoms with Crippen LogP contribution in [0.3, 0.4) is 0 Å². The average Bonchev–Trinajstić information content (AvgIpc) is 2.72. The number of rotatable bonds is 6. The van der Waals surface area contributed by atoms with Crippen LogP contribution in [-0.2, 0) is 6.42 Å². The fraction of sp³-hybridized carbons (Fsp3) is 0.625. The zero-order valence-electron chi connectivity index (χ0n) is 11.9. The molecule has 1 N–H and O–H groups in total. The summed E-state index contributed by atoms with van der Waals surface area (Å²) in [6.07, 6.45) is 5.03. The second-order valence-electron chi connectivity index (χ2n) is 5.80. The Bertz CT molecular complexity index is 373. The number of hydrogen-bond donors (Lipinski definition) is 1. The lowest BCUT2D eigenvalue weighted by Crippen LogP contribution is -2.30. The Morgan fingerprint density at radius 3 is 2.89 bits per heavy atom. The number of hydrogen-bond acceptors (Lipinski definition) is 2. The molecule has 0 radical (unpaired) electrons. The van der Waals surface area contributed by atoms with Crippen molar-refractivity contribution in [2.45, 2.75) is 44.7 Å². The second-order valence-corrected chi connectivity index (χ2v) is 5.80. The summed E-state index contributed by atoms with van der Waals surface area (Å²) in [5.74, 6) is 0. The minimum absolute atomic E-state index is 0.579. The third-order valence-electron chi connectivity index (χ3n) is 3.86. The van der Waals surface area contributed by atoms with E-state index < -0.39 is 0 Å². The topological polar surface area (TPSA) is 15.3 Å². The molecule has 0 aliphatic heterocycles. The van der Waals surface area contributed by atoms with Gasteiger partial charge in [-0.05, 0) is 64.4 Å². The van der Waals surface area contributed by atoms with Crippen molar-refractivity contribution in [3.8, 4) is 0 Å². The van der Waals surface area contributed by atoms with Crippen molar-refractivity contribution in [3.05, 3.63) is 35.4 Å². The van der Waals surface area contributed by atoms with Gasteiger partial charge in [0.25, 0.3) is 0 Å². The van der Waals surface area contributed by atoms with Gasteiger partial charge in [-0.15, -0.1) is 0 Å². The first-order valence-corrected chi connectivity index (χ1v) is 7.15. The number of benzene rings is 1. The van der Waals surface area contributed by atoms with Crippen LogP contribution >= 0.6 is 0 Å². The Morgan fingerprint density at radius 2 is 2.11 bits per heavy atom. The number of nitrogens with one attached hydrogen (secondary N) is 1. The maximum atomic E-state index is 3.79. The molecule has 0 saturated heterocycles. The molecule has 0 bridgehead atoms. The molecule has 1 aliphatic carbocycles. The van der Waals surface area contributed by atoms with Crippen molar-refractivity contribution in [2.24, 2.45) is 0 Å². The van der Waals surface area contributed by atoms with Crippen LogP contribution < -0.4 is 5.32 Å². The van der Waals surface area contributed by atoms with Crippen molar-refractivity contribution < 1.29 is 0 Å². The Balaban J connectivity index is 1.80. The molecule has 2 nitrogen and oxygen atoms in total. The van der Waals surface area contributed by atoms with Crippen LogP contribution in [-0.4, -0.2) is 31.6 Å². The van der Waals surface area contributed by atoms with Crippen molar-refractivity contribution in [1.29, 1.82) is 0 Å². The van der Waals surface area contributed by atoms with Gasteiger partial charge in [0.05, 0.1) is 0 Å². The molecule has 0 spiro atoms. The monoisotopic (exact) mass is 246 g/mol. The van der Waals surface area contributed by atoms with Crippen LogP contribution in [0.5, 0.6) is 0 Å². The van der Waals surface area contributed by atoms with Gasteiger partial charge in [0.1, 0.15) is 0 Å². The number of fused-ring (bicyclic) bond motifs is 1. The quantitative estimate of drug-likeness (QED) is 0.830. The zero-order valence-corrected chi connectivity index (χ0v) is 11.9. The maximum absolute atomic E-state index is 3.79. The van der Waals surface area contributed by atoms with Gasteiger partial charge in [0, 0.05) is 12.1 Å². The van der Waals surface area contributed by atoms with Crippen LogP contribution in [0.1, 0.15) is 43.4 Å². The van der Waals surface area contributed by atoms with E-state index in [0.717, 1.165) is 0 Å². The number of aryl methyl sites for hydroxylation is 1. The first kappa shape index (κ1) is 13.6. The molecule has 2 heteroatoms. The molecule has 2 rings (SSSR count). The van der Waals surface area contributed by atoms with E-state index in [1.54, 1.807) is 0 Å². The van der Waals surface area contributed by atoms with Gasteiger partial charge in [0.2, 0.25) is 0 Å². The molecule has 1 aliphatic rings. The Morgan fingerprint density at radius 1 is 1.33 bits per heavy atom. The van der Waals surface area contributed by atoms with E-state index in [9.17, 15) is 0 Å². The number of nitrogens with zero attached hydrogens (tertiary/aromatic N) is 1. The van der Waals surface area contributed by atoms with E-state index in [2.05, 4.69) is 55.5 Å². The lowest BCUT2D eigenvalue weighted by molar-refractivity contribution is 0.363. The molecule has 1 aromatic carbocycles. The first-order valence-electron chi connectivity index (χ1n) is 7.15. The van der Waals surface area contributed by atoms with E-state index in [-0.39, 0.29) is 0 Å². The van der Waals surface area contributed by atoms with Crippen LogP contribution in [0.15, 0.2) is 24.3 Å². The summed E-state index contributed by atoms with van der Waals surface area (Å²) in [4.78, 5) is 2.26. The van der Waals surface area contributed by atoms with Crippen molar-refractivity contribution in [2.75, 3.05) is 20.6 Å². The largest absolute Gasteiger partial charge is 0.309 e. The highest BCUT2D eigenvalue weighted by Gasteiger charge is 2.22. The predicted molar refractivity (Wildman–Crippen MR) is 77.9 cm³/mol. The summed E-state index contributed by atoms with van der Waals surface area (Å²) in [5.41, 5.74) is 3.06. The van der Waals surface area contributed by atoms with Gasteiger partial charge in [-0.25, -0.2) is 0 Å². The minimum Gasteiger partial charge on any atom is -0.309 e. The van der Waals surface area contributed by atoms with Crippen LogP contribution in [0.25, 0.3) is 0 Å². The van der Waals surface area contributed by atoms with Crippen molar-refractivity contribution >= 4 is 0 Å². The summed E-state index contributed by atoms with van der Waals surface area (Å²) in [7, 11) is 4.29. The van der Waals surface area contributed by atoms with Gasteiger partial charge in [-0.2, -0.15) is 0 Å². The Kier molecular flexibility index (Phi) is 4.79. The third-order valence-corrected chi connectivity index (χ3v) is 3.86. The highest BCUT2D eigenvalue weighted by atomic mass is 15.0. The molecule has 2 unspecified atom stereocenters. The lowest BCUT2D eigenvalue weighted by Gasteiger charge is -2.21. The minimum atomic E-state index is 0.579. The van der Waals surface area contributed by atoms with Crippen molar-refractivity contribution in [1.82, 2.24) is 10.2 Å². The van der Waals surface area contributed by atoms with Gasteiger partial charge >= 0.3 is 0 Å². The third kappa shape index (κ3) is 3.56. The summed E-state index contributed by atoms with van der Waals surface area (Å²) in [6.45, 7) is 3.50. The molecule has 18 heavy (non-hydrogen) atoms. The molecular weight excluding hydrogens is 220 g/mol. The van der Waals surface area contributed by atoms with Crippen LogP contribution in [0, 0.1) is 0 Å². The molecule has 0 amide bonds. The van der Waals surface area contributed by atoms with E-state index >= 15 is 0 Å². The molecule has 1 aromatic rings. The van der Waals surface area contributed by atoms with Gasteiger partial charge in [-0.1, -0.05) is 24.3 Å².